The van der Waals surface area contributed by atoms with Crippen LogP contribution < -0.4 is 11.1 Å². The summed E-state index contributed by atoms with van der Waals surface area (Å²) >= 11 is 1.13. The molecule has 0 fully saturated rings. The smallest absolute Gasteiger partial charge is 0.337 e. The molecular formula is C21H20N4O3S. The van der Waals surface area contributed by atoms with Crippen LogP contribution in [0.4, 0.5) is 11.5 Å². The van der Waals surface area contributed by atoms with Crippen molar-refractivity contribution < 1.29 is 14.3 Å². The van der Waals surface area contributed by atoms with Gasteiger partial charge in [0.1, 0.15) is 5.82 Å². The number of nitrogens with zero attached hydrogens (tertiary/aromatic N) is 2. The third kappa shape index (κ3) is 2.96. The number of hydrogen-bond acceptors (Lipinski definition) is 6. The predicted octanol–water partition coefficient (Wildman–Crippen LogP) is 3.27. The van der Waals surface area contributed by atoms with E-state index in [9.17, 15) is 9.59 Å². The summed E-state index contributed by atoms with van der Waals surface area (Å²) in [5.41, 5.74) is 8.68. The minimum atomic E-state index is -1.69. The lowest BCUT2D eigenvalue weighted by atomic mass is 9.96. The molecule has 4 rings (SSSR count). The number of carbonyl (C=O) groups excluding carboxylic acids is 2. The molecule has 7 nitrogen and oxygen atoms in total. The van der Waals surface area contributed by atoms with Crippen LogP contribution in [0.5, 0.6) is 0 Å². The number of nitrogen functional groups attached to an aromatic ring is 1. The van der Waals surface area contributed by atoms with E-state index in [-0.39, 0.29) is 12.4 Å². The molecule has 1 atom stereocenters. The highest BCUT2D eigenvalue weighted by Gasteiger charge is 2.56. The first-order chi connectivity index (χ1) is 14.0. The number of aromatic nitrogens is 2. The van der Waals surface area contributed by atoms with E-state index in [4.69, 9.17) is 10.5 Å². The Bertz CT molecular complexity index is 1100. The first kappa shape index (κ1) is 19.1. The number of thioether (sulfide) groups is 1. The number of benzene rings is 2. The maximum atomic E-state index is 13.3. The first-order valence-electron chi connectivity index (χ1n) is 9.16. The van der Waals surface area contributed by atoms with E-state index >= 15 is 0 Å². The monoisotopic (exact) mass is 408 g/mol. The van der Waals surface area contributed by atoms with Gasteiger partial charge in [-0.15, -0.1) is 0 Å². The van der Waals surface area contributed by atoms with Gasteiger partial charge in [0.2, 0.25) is 4.75 Å². The molecule has 3 N–H and O–H groups in total. The fraction of sp³-hybridized carbons (Fsp3) is 0.190. The van der Waals surface area contributed by atoms with Crippen LogP contribution in [0.3, 0.4) is 0 Å². The summed E-state index contributed by atoms with van der Waals surface area (Å²) in [6, 6.07) is 16.6. The van der Waals surface area contributed by atoms with E-state index in [1.807, 2.05) is 48.5 Å². The second-order valence-electron chi connectivity index (χ2n) is 6.55. The number of fused-ring (bicyclic) bond motifs is 1. The van der Waals surface area contributed by atoms with Crippen molar-refractivity contribution in [3.8, 4) is 5.69 Å². The zero-order valence-electron chi connectivity index (χ0n) is 16.0. The van der Waals surface area contributed by atoms with E-state index in [1.54, 1.807) is 24.6 Å². The molecule has 2 heterocycles. The molecule has 0 spiro atoms. The molecule has 0 saturated heterocycles. The van der Waals surface area contributed by atoms with Crippen LogP contribution in [0, 0.1) is 6.92 Å². The lowest BCUT2D eigenvalue weighted by molar-refractivity contribution is -0.149. The average Bonchev–Trinajstić information content (AvgIpc) is 3.03. The standard InChI is InChI=1S/C21H20N4O3S/c1-3-28-20(27)21(19(26)23-15-11-7-8-12-16(15)29-21)17-13(2)24-25(18(17)22)14-9-5-4-6-10-14/h4-12H,3,22H2,1-2H3,(H,23,26). The summed E-state index contributed by atoms with van der Waals surface area (Å²) < 4.78 is 5.19. The van der Waals surface area contributed by atoms with Gasteiger partial charge in [-0.25, -0.2) is 9.48 Å². The van der Waals surface area contributed by atoms with Crippen molar-refractivity contribution in [2.75, 3.05) is 17.7 Å². The van der Waals surface area contributed by atoms with Gasteiger partial charge in [0.15, 0.2) is 0 Å². The van der Waals surface area contributed by atoms with E-state index in [0.717, 1.165) is 22.3 Å². The minimum Gasteiger partial charge on any atom is -0.464 e. The number of hydrogen-bond donors (Lipinski definition) is 2. The van der Waals surface area contributed by atoms with Crippen LogP contribution in [0.2, 0.25) is 0 Å². The average molecular weight is 408 g/mol. The number of esters is 1. The maximum Gasteiger partial charge on any atom is 0.337 e. The zero-order chi connectivity index (χ0) is 20.6. The molecule has 0 aliphatic carbocycles. The Morgan fingerprint density at radius 3 is 2.62 bits per heavy atom. The largest absolute Gasteiger partial charge is 0.464 e. The number of aryl methyl sites for hydroxylation is 1. The van der Waals surface area contributed by atoms with E-state index in [0.29, 0.717) is 16.9 Å². The van der Waals surface area contributed by atoms with Crippen LogP contribution in [0.1, 0.15) is 18.2 Å². The summed E-state index contributed by atoms with van der Waals surface area (Å²) in [5.74, 6) is -0.940. The van der Waals surface area contributed by atoms with E-state index in [1.165, 1.54) is 0 Å². The van der Waals surface area contributed by atoms with Crippen molar-refractivity contribution in [3.63, 3.8) is 0 Å². The number of anilines is 2. The summed E-state index contributed by atoms with van der Waals surface area (Å²) in [6.07, 6.45) is 0. The number of carbonyl (C=O) groups is 2. The molecule has 1 aliphatic rings. The van der Waals surface area contributed by atoms with E-state index < -0.39 is 16.6 Å². The number of rotatable bonds is 4. The maximum absolute atomic E-state index is 13.3. The minimum absolute atomic E-state index is 0.141. The van der Waals surface area contributed by atoms with Gasteiger partial charge in [0, 0.05) is 4.90 Å². The van der Waals surface area contributed by atoms with Crippen molar-refractivity contribution in [2.45, 2.75) is 23.5 Å². The van der Waals surface area contributed by atoms with Gasteiger partial charge >= 0.3 is 5.97 Å². The van der Waals surface area contributed by atoms with Gasteiger partial charge in [-0.2, -0.15) is 5.10 Å². The molecule has 1 aromatic heterocycles. The van der Waals surface area contributed by atoms with Crippen molar-refractivity contribution in [1.82, 2.24) is 9.78 Å². The molecule has 0 saturated carbocycles. The Morgan fingerprint density at radius 1 is 1.21 bits per heavy atom. The summed E-state index contributed by atoms with van der Waals surface area (Å²) in [6.45, 7) is 3.58. The molecule has 2 aromatic carbocycles. The van der Waals surface area contributed by atoms with Crippen molar-refractivity contribution in [1.29, 1.82) is 0 Å². The van der Waals surface area contributed by atoms with Gasteiger partial charge in [-0.1, -0.05) is 42.1 Å². The molecular weight excluding hydrogens is 388 g/mol. The highest BCUT2D eigenvalue weighted by molar-refractivity contribution is 8.02. The van der Waals surface area contributed by atoms with Crippen LogP contribution in [0.25, 0.3) is 5.69 Å². The van der Waals surface area contributed by atoms with Gasteiger partial charge in [0.25, 0.3) is 5.91 Å². The molecule has 1 aliphatic heterocycles. The highest BCUT2D eigenvalue weighted by atomic mass is 32.2. The summed E-state index contributed by atoms with van der Waals surface area (Å²) in [4.78, 5) is 27.3. The summed E-state index contributed by atoms with van der Waals surface area (Å²) in [5, 5.41) is 7.36. The Balaban J connectivity index is 1.94. The lowest BCUT2D eigenvalue weighted by Crippen LogP contribution is -2.48. The SMILES string of the molecule is CCOC(=O)C1(c2c(C)nn(-c3ccccc3)c2N)Sc2ccccc2NC1=O. The Hall–Kier alpha value is -3.26. The van der Waals surface area contributed by atoms with Crippen molar-refractivity contribution >= 4 is 35.1 Å². The highest BCUT2D eigenvalue weighted by Crippen LogP contribution is 2.51. The van der Waals surface area contributed by atoms with Gasteiger partial charge < -0.3 is 15.8 Å². The van der Waals surface area contributed by atoms with Crippen LogP contribution in [-0.4, -0.2) is 28.3 Å². The van der Waals surface area contributed by atoms with E-state index in [2.05, 4.69) is 10.4 Å². The molecule has 0 radical (unpaired) electrons. The third-order valence-corrected chi connectivity index (χ3v) is 6.17. The topological polar surface area (TPSA) is 99.2 Å². The lowest BCUT2D eigenvalue weighted by Gasteiger charge is -2.34. The molecule has 3 aromatic rings. The fourth-order valence-corrected chi connectivity index (χ4v) is 4.81. The molecule has 1 amide bonds. The Kier molecular flexibility index (Phi) is 4.79. The fourth-order valence-electron chi connectivity index (χ4n) is 3.46. The molecule has 29 heavy (non-hydrogen) atoms. The zero-order valence-corrected chi connectivity index (χ0v) is 16.8. The van der Waals surface area contributed by atoms with Crippen molar-refractivity contribution in [3.05, 3.63) is 65.9 Å². The van der Waals surface area contributed by atoms with Crippen LogP contribution in [-0.2, 0) is 19.1 Å². The Morgan fingerprint density at radius 2 is 1.90 bits per heavy atom. The molecule has 0 bridgehead atoms. The van der Waals surface area contributed by atoms with Crippen LogP contribution in [0.15, 0.2) is 59.5 Å². The number of nitrogens with one attached hydrogen (secondary N) is 1. The first-order valence-corrected chi connectivity index (χ1v) is 9.98. The predicted molar refractivity (Wildman–Crippen MR) is 112 cm³/mol. The second kappa shape index (κ2) is 7.29. The number of ether oxygens (including phenoxy) is 1. The number of nitrogens with two attached hydrogens (primary N) is 1. The van der Waals surface area contributed by atoms with Crippen molar-refractivity contribution in [2.24, 2.45) is 0 Å². The molecule has 8 heteroatoms. The third-order valence-electron chi connectivity index (χ3n) is 4.73. The quantitative estimate of drug-likeness (QED) is 0.508. The number of para-hydroxylation sites is 2. The normalized spacial score (nSPS) is 18.1. The van der Waals surface area contributed by atoms with Gasteiger partial charge in [-0.05, 0) is 38.1 Å². The molecule has 148 valence electrons. The second-order valence-corrected chi connectivity index (χ2v) is 7.80. The molecule has 1 unspecified atom stereocenters. The van der Waals surface area contributed by atoms with Gasteiger partial charge in [-0.3, -0.25) is 4.79 Å². The van der Waals surface area contributed by atoms with Crippen LogP contribution >= 0.6 is 11.8 Å². The van der Waals surface area contributed by atoms with Gasteiger partial charge in [0.05, 0.1) is 29.2 Å². The Labute approximate surface area is 172 Å². The number of amides is 1. The summed E-state index contributed by atoms with van der Waals surface area (Å²) in [7, 11) is 0.